The van der Waals surface area contributed by atoms with Crippen molar-refractivity contribution in [2.45, 2.75) is 32.5 Å². The maximum atomic E-state index is 12.8. The fourth-order valence-corrected chi connectivity index (χ4v) is 3.28. The fourth-order valence-electron chi connectivity index (χ4n) is 3.16. The van der Waals surface area contributed by atoms with Gasteiger partial charge in [-0.3, -0.25) is 4.79 Å². The van der Waals surface area contributed by atoms with Gasteiger partial charge in [-0.2, -0.15) is 0 Å². The Morgan fingerprint density at radius 3 is 2.62 bits per heavy atom. The van der Waals surface area contributed by atoms with Crippen LogP contribution in [0.25, 0.3) is 0 Å². The lowest BCUT2D eigenvalue weighted by Gasteiger charge is -2.36. The predicted octanol–water partition coefficient (Wildman–Crippen LogP) is 2.56. The molecule has 1 fully saturated rings. The highest BCUT2D eigenvalue weighted by atomic mass is 35.5. The number of carbonyl (C=O) groups excluding carboxylic acids is 1. The number of benzene rings is 1. The summed E-state index contributed by atoms with van der Waals surface area (Å²) >= 11 is 5.85. The number of aliphatic hydroxyl groups excluding tert-OH is 1. The molecule has 0 unspecified atom stereocenters. The second-order valence-corrected chi connectivity index (χ2v) is 6.83. The van der Waals surface area contributed by atoms with Gasteiger partial charge in [0.2, 0.25) is 0 Å². The van der Waals surface area contributed by atoms with Gasteiger partial charge in [0.05, 0.1) is 12.1 Å². The Balaban J connectivity index is 1.69. The summed E-state index contributed by atoms with van der Waals surface area (Å²) in [5.41, 5.74) is 0.457. The summed E-state index contributed by atoms with van der Waals surface area (Å²) < 4.78 is 10.8. The normalized spacial score (nSPS) is 20.1. The van der Waals surface area contributed by atoms with Crippen molar-refractivity contribution in [3.63, 3.8) is 0 Å². The maximum Gasteiger partial charge on any atom is 0.336 e. The number of carbonyl (C=O) groups is 1. The lowest BCUT2D eigenvalue weighted by molar-refractivity contribution is -0.0200. The SMILES string of the molecule is Cc1cc(=O)oc(C)c1C(=O)N1CC[C@@H](Oc2ccc(Cl)cc2)[C@H](O)C1. The highest BCUT2D eigenvalue weighted by Crippen LogP contribution is 2.23. The molecule has 0 spiro atoms. The Hall–Kier alpha value is -2.31. The number of piperidine rings is 1. The van der Waals surface area contributed by atoms with Gasteiger partial charge < -0.3 is 19.2 Å². The Morgan fingerprint density at radius 1 is 1.31 bits per heavy atom. The molecule has 1 aliphatic heterocycles. The van der Waals surface area contributed by atoms with Crippen LogP contribution in [0, 0.1) is 13.8 Å². The van der Waals surface area contributed by atoms with Gasteiger partial charge in [-0.25, -0.2) is 4.79 Å². The number of ether oxygens (including phenoxy) is 1. The average Bonchev–Trinajstić information content (AvgIpc) is 2.57. The largest absolute Gasteiger partial charge is 0.488 e. The van der Waals surface area contributed by atoms with Crippen molar-refractivity contribution in [1.82, 2.24) is 4.90 Å². The molecule has 138 valence electrons. The van der Waals surface area contributed by atoms with E-state index in [9.17, 15) is 14.7 Å². The van der Waals surface area contributed by atoms with Crippen LogP contribution in [-0.4, -0.2) is 41.2 Å². The molecule has 1 aliphatic rings. The lowest BCUT2D eigenvalue weighted by atomic mass is 10.0. The van der Waals surface area contributed by atoms with Crippen molar-refractivity contribution in [2.24, 2.45) is 0 Å². The third-order valence-electron chi connectivity index (χ3n) is 4.46. The van der Waals surface area contributed by atoms with E-state index in [4.69, 9.17) is 20.8 Å². The Bertz CT molecular complexity index is 835. The number of likely N-dealkylation sites (tertiary alicyclic amines) is 1. The quantitative estimate of drug-likeness (QED) is 0.889. The second kappa shape index (κ2) is 7.51. The lowest BCUT2D eigenvalue weighted by Crippen LogP contribution is -2.51. The van der Waals surface area contributed by atoms with Crippen LogP contribution in [0.4, 0.5) is 0 Å². The van der Waals surface area contributed by atoms with E-state index >= 15 is 0 Å². The van der Waals surface area contributed by atoms with Crippen LogP contribution in [-0.2, 0) is 0 Å². The number of amides is 1. The van der Waals surface area contributed by atoms with Gasteiger partial charge in [0.25, 0.3) is 5.91 Å². The molecule has 2 heterocycles. The summed E-state index contributed by atoms with van der Waals surface area (Å²) in [6.07, 6.45) is -0.736. The van der Waals surface area contributed by atoms with E-state index in [-0.39, 0.29) is 18.2 Å². The Morgan fingerprint density at radius 2 is 2.00 bits per heavy atom. The summed E-state index contributed by atoms with van der Waals surface area (Å²) in [4.78, 5) is 25.8. The van der Waals surface area contributed by atoms with E-state index in [1.54, 1.807) is 43.0 Å². The number of aliphatic hydroxyl groups is 1. The molecule has 1 saturated heterocycles. The number of rotatable bonds is 3. The fraction of sp³-hybridized carbons (Fsp3) is 0.368. The van der Waals surface area contributed by atoms with Gasteiger partial charge in [0.1, 0.15) is 23.7 Å². The molecular weight excluding hydrogens is 358 g/mol. The first-order valence-electron chi connectivity index (χ1n) is 8.36. The van der Waals surface area contributed by atoms with Crippen molar-refractivity contribution >= 4 is 17.5 Å². The molecule has 0 aliphatic carbocycles. The van der Waals surface area contributed by atoms with Crippen molar-refractivity contribution in [2.75, 3.05) is 13.1 Å². The monoisotopic (exact) mass is 377 g/mol. The summed E-state index contributed by atoms with van der Waals surface area (Å²) in [7, 11) is 0. The van der Waals surface area contributed by atoms with Crippen LogP contribution in [0.1, 0.15) is 28.1 Å². The zero-order valence-corrected chi connectivity index (χ0v) is 15.3. The molecule has 7 heteroatoms. The molecule has 0 bridgehead atoms. The Labute approximate surface area is 156 Å². The van der Waals surface area contributed by atoms with E-state index in [1.807, 2.05) is 0 Å². The van der Waals surface area contributed by atoms with Crippen LogP contribution in [0.15, 0.2) is 39.5 Å². The molecule has 1 N–H and O–H groups in total. The smallest absolute Gasteiger partial charge is 0.336 e. The number of hydrogen-bond acceptors (Lipinski definition) is 5. The van der Waals surface area contributed by atoms with Gasteiger partial charge in [-0.1, -0.05) is 11.6 Å². The number of β-amino-alcohol motifs (C(OH)–C–C–N with tert-alkyl or cyclic N) is 1. The molecule has 2 aromatic rings. The molecule has 1 amide bonds. The van der Waals surface area contributed by atoms with Crippen molar-refractivity contribution in [1.29, 1.82) is 0 Å². The van der Waals surface area contributed by atoms with E-state index in [1.165, 1.54) is 6.07 Å². The van der Waals surface area contributed by atoms with Crippen molar-refractivity contribution in [3.05, 3.63) is 62.7 Å². The second-order valence-electron chi connectivity index (χ2n) is 6.40. The molecule has 6 nitrogen and oxygen atoms in total. The standard InChI is InChI=1S/C19H20ClNO5/c1-11-9-17(23)25-12(2)18(11)19(24)21-8-7-16(15(22)10-21)26-14-5-3-13(20)4-6-14/h3-6,9,15-16,22H,7-8,10H2,1-2H3/t15-,16-/m1/s1. The van der Waals surface area contributed by atoms with Gasteiger partial charge in [0, 0.05) is 24.1 Å². The number of hydrogen-bond donors (Lipinski definition) is 1. The van der Waals surface area contributed by atoms with Crippen LogP contribution in [0.2, 0.25) is 5.02 Å². The summed E-state index contributed by atoms with van der Waals surface area (Å²) in [5, 5.41) is 11.0. The van der Waals surface area contributed by atoms with Crippen LogP contribution in [0.5, 0.6) is 5.75 Å². The molecular formula is C19H20ClNO5. The predicted molar refractivity (Wildman–Crippen MR) is 96.8 cm³/mol. The summed E-state index contributed by atoms with van der Waals surface area (Å²) in [6.45, 7) is 3.87. The van der Waals surface area contributed by atoms with Crippen LogP contribution >= 0.6 is 11.6 Å². The summed E-state index contributed by atoms with van der Waals surface area (Å²) in [6, 6.07) is 8.22. The topological polar surface area (TPSA) is 80.0 Å². The number of nitrogens with zero attached hydrogens (tertiary/aromatic N) is 1. The molecule has 26 heavy (non-hydrogen) atoms. The minimum atomic E-state index is -0.820. The average molecular weight is 378 g/mol. The van der Waals surface area contributed by atoms with E-state index < -0.39 is 17.8 Å². The number of halogens is 1. The molecule has 2 atom stereocenters. The van der Waals surface area contributed by atoms with Gasteiger partial charge >= 0.3 is 5.63 Å². The van der Waals surface area contributed by atoms with E-state index in [0.29, 0.717) is 34.9 Å². The summed E-state index contributed by atoms with van der Waals surface area (Å²) in [5.74, 6) is 0.650. The van der Waals surface area contributed by atoms with Crippen molar-refractivity contribution < 1.29 is 19.1 Å². The minimum absolute atomic E-state index is 0.148. The van der Waals surface area contributed by atoms with Crippen molar-refractivity contribution in [3.8, 4) is 5.75 Å². The zero-order chi connectivity index (χ0) is 18.8. The van der Waals surface area contributed by atoms with E-state index in [2.05, 4.69) is 0 Å². The Kier molecular flexibility index (Phi) is 5.34. The third-order valence-corrected chi connectivity index (χ3v) is 4.71. The molecule has 1 aromatic carbocycles. The van der Waals surface area contributed by atoms with Crippen LogP contribution < -0.4 is 10.4 Å². The number of aryl methyl sites for hydroxylation is 2. The first-order chi connectivity index (χ1) is 12.3. The minimum Gasteiger partial charge on any atom is -0.488 e. The first-order valence-corrected chi connectivity index (χ1v) is 8.74. The van der Waals surface area contributed by atoms with Gasteiger partial charge in [0.15, 0.2) is 0 Å². The molecule has 3 rings (SSSR count). The van der Waals surface area contributed by atoms with Gasteiger partial charge in [-0.15, -0.1) is 0 Å². The third kappa shape index (κ3) is 3.92. The maximum absolute atomic E-state index is 12.8. The highest BCUT2D eigenvalue weighted by molar-refractivity contribution is 6.30. The van der Waals surface area contributed by atoms with Gasteiger partial charge in [-0.05, 0) is 43.7 Å². The molecule has 0 saturated carbocycles. The molecule has 0 radical (unpaired) electrons. The zero-order valence-electron chi connectivity index (χ0n) is 14.6. The molecule has 1 aromatic heterocycles. The van der Waals surface area contributed by atoms with Crippen LogP contribution in [0.3, 0.4) is 0 Å². The van der Waals surface area contributed by atoms with E-state index in [0.717, 1.165) is 0 Å². The highest BCUT2D eigenvalue weighted by Gasteiger charge is 2.33. The first kappa shape index (κ1) is 18.5.